The van der Waals surface area contributed by atoms with E-state index in [1.807, 2.05) is 77.0 Å². The maximum absolute atomic E-state index is 12.7. The van der Waals surface area contributed by atoms with E-state index in [1.54, 1.807) is 0 Å². The molecule has 5 rings (SSSR count). The van der Waals surface area contributed by atoms with Gasteiger partial charge in [-0.1, -0.05) is 37.3 Å². The molecule has 4 aromatic rings. The van der Waals surface area contributed by atoms with Crippen LogP contribution in [0, 0.1) is 0 Å². The molecular formula is C27H24N2O3S. The van der Waals surface area contributed by atoms with E-state index in [4.69, 9.17) is 4.42 Å². The zero-order valence-electron chi connectivity index (χ0n) is 18.3. The number of benzene rings is 2. The molecule has 0 unspecified atom stereocenters. The quantitative estimate of drug-likeness (QED) is 0.399. The van der Waals surface area contributed by atoms with Gasteiger partial charge in [0, 0.05) is 41.9 Å². The largest absolute Gasteiger partial charge is 0.461 e. The van der Waals surface area contributed by atoms with E-state index in [2.05, 4.69) is 12.2 Å². The summed E-state index contributed by atoms with van der Waals surface area (Å²) in [5, 5.41) is 4.89. The number of hydrogen-bond acceptors (Lipinski definition) is 4. The van der Waals surface area contributed by atoms with Crippen molar-refractivity contribution in [1.29, 1.82) is 0 Å². The Morgan fingerprint density at radius 2 is 1.91 bits per heavy atom. The van der Waals surface area contributed by atoms with Crippen molar-refractivity contribution in [3.63, 3.8) is 0 Å². The van der Waals surface area contributed by atoms with Crippen LogP contribution in [0.3, 0.4) is 0 Å². The Kier molecular flexibility index (Phi) is 5.84. The summed E-state index contributed by atoms with van der Waals surface area (Å²) in [6.07, 6.45) is 1.63. The highest BCUT2D eigenvalue weighted by atomic mass is 32.1. The van der Waals surface area contributed by atoms with E-state index in [9.17, 15) is 9.59 Å². The van der Waals surface area contributed by atoms with Crippen molar-refractivity contribution in [3.8, 4) is 11.3 Å². The minimum atomic E-state index is -0.142. The van der Waals surface area contributed by atoms with Gasteiger partial charge in [-0.25, -0.2) is 0 Å². The lowest BCUT2D eigenvalue weighted by Crippen LogP contribution is -2.35. The first-order chi connectivity index (χ1) is 16.1. The molecule has 0 saturated carbocycles. The third-order valence-corrected chi connectivity index (χ3v) is 6.77. The van der Waals surface area contributed by atoms with Gasteiger partial charge in [-0.3, -0.25) is 9.59 Å². The first-order valence-electron chi connectivity index (χ1n) is 11.1. The van der Waals surface area contributed by atoms with E-state index < -0.39 is 0 Å². The van der Waals surface area contributed by atoms with Crippen LogP contribution >= 0.6 is 11.3 Å². The Bertz CT molecular complexity index is 1290. The Morgan fingerprint density at radius 1 is 1.06 bits per heavy atom. The SMILES string of the molecule is CCc1ccc(C(=O)Nc2cccc(-c3cc4c(o3)CCN(C(=O)c3cccs3)C4)c2)cc1. The molecule has 166 valence electrons. The maximum atomic E-state index is 12.7. The zero-order valence-corrected chi connectivity index (χ0v) is 19.2. The third-order valence-electron chi connectivity index (χ3n) is 5.92. The highest BCUT2D eigenvalue weighted by Gasteiger charge is 2.25. The fraction of sp³-hybridized carbons (Fsp3) is 0.185. The molecule has 1 aliphatic rings. The third kappa shape index (κ3) is 4.47. The van der Waals surface area contributed by atoms with Crippen LogP contribution in [0.2, 0.25) is 0 Å². The number of fused-ring (bicyclic) bond motifs is 1. The normalized spacial score (nSPS) is 12.9. The predicted molar refractivity (Wildman–Crippen MR) is 131 cm³/mol. The second-order valence-electron chi connectivity index (χ2n) is 8.10. The van der Waals surface area contributed by atoms with Gasteiger partial charge in [0.05, 0.1) is 4.88 Å². The van der Waals surface area contributed by atoms with Crippen LogP contribution in [0.15, 0.2) is 76.5 Å². The van der Waals surface area contributed by atoms with Gasteiger partial charge in [-0.05, 0) is 53.8 Å². The highest BCUT2D eigenvalue weighted by Crippen LogP contribution is 2.31. The van der Waals surface area contributed by atoms with E-state index >= 15 is 0 Å². The summed E-state index contributed by atoms with van der Waals surface area (Å²) in [5.74, 6) is 1.59. The molecule has 0 fully saturated rings. The Morgan fingerprint density at radius 3 is 2.67 bits per heavy atom. The van der Waals surface area contributed by atoms with Crippen LogP contribution in [0.5, 0.6) is 0 Å². The number of nitrogens with zero attached hydrogens (tertiary/aromatic N) is 1. The topological polar surface area (TPSA) is 62.6 Å². The minimum Gasteiger partial charge on any atom is -0.461 e. The van der Waals surface area contributed by atoms with Crippen LogP contribution in [-0.2, 0) is 19.4 Å². The molecule has 0 bridgehead atoms. The summed E-state index contributed by atoms with van der Waals surface area (Å²) in [7, 11) is 0. The summed E-state index contributed by atoms with van der Waals surface area (Å²) < 4.78 is 6.13. The van der Waals surface area contributed by atoms with Crippen molar-refractivity contribution in [3.05, 3.63) is 99.4 Å². The number of anilines is 1. The second kappa shape index (κ2) is 9.08. The van der Waals surface area contributed by atoms with Crippen molar-refractivity contribution in [1.82, 2.24) is 4.90 Å². The van der Waals surface area contributed by atoms with Gasteiger partial charge in [0.15, 0.2) is 0 Å². The molecule has 5 nitrogen and oxygen atoms in total. The molecular weight excluding hydrogens is 432 g/mol. The average molecular weight is 457 g/mol. The molecule has 2 aromatic heterocycles. The van der Waals surface area contributed by atoms with Crippen molar-refractivity contribution in [2.24, 2.45) is 0 Å². The van der Waals surface area contributed by atoms with E-state index in [0.29, 0.717) is 30.8 Å². The summed E-state index contributed by atoms with van der Waals surface area (Å²) >= 11 is 1.47. The molecule has 2 amide bonds. The Hall–Kier alpha value is -3.64. The number of aryl methyl sites for hydroxylation is 1. The Labute approximate surface area is 196 Å². The minimum absolute atomic E-state index is 0.0649. The van der Waals surface area contributed by atoms with Gasteiger partial charge in [-0.15, -0.1) is 11.3 Å². The standard InChI is InChI=1S/C27H24N2O3S/c1-2-18-8-10-19(11-9-18)26(30)28-22-6-3-5-20(15-22)24-16-21-17-29(13-12-23(21)32-24)27(31)25-7-4-14-33-25/h3-11,14-16H,2,12-13,17H2,1H3,(H,28,30). The molecule has 2 aromatic carbocycles. The van der Waals surface area contributed by atoms with Gasteiger partial charge in [0.25, 0.3) is 11.8 Å². The molecule has 0 saturated heterocycles. The second-order valence-corrected chi connectivity index (χ2v) is 9.05. The van der Waals surface area contributed by atoms with Crippen molar-refractivity contribution in [2.75, 3.05) is 11.9 Å². The first-order valence-corrected chi connectivity index (χ1v) is 11.9. The number of nitrogens with one attached hydrogen (secondary N) is 1. The monoisotopic (exact) mass is 456 g/mol. The van der Waals surface area contributed by atoms with Gasteiger partial charge < -0.3 is 14.6 Å². The van der Waals surface area contributed by atoms with Gasteiger partial charge >= 0.3 is 0 Å². The number of hydrogen-bond donors (Lipinski definition) is 1. The number of furan rings is 1. The summed E-state index contributed by atoms with van der Waals surface area (Å²) in [6, 6.07) is 21.1. The zero-order chi connectivity index (χ0) is 22.8. The molecule has 0 atom stereocenters. The number of amides is 2. The van der Waals surface area contributed by atoms with E-state index in [0.717, 1.165) is 33.9 Å². The van der Waals surface area contributed by atoms with E-state index in [-0.39, 0.29) is 11.8 Å². The van der Waals surface area contributed by atoms with Crippen molar-refractivity contribution < 1.29 is 14.0 Å². The van der Waals surface area contributed by atoms with Crippen molar-refractivity contribution in [2.45, 2.75) is 26.3 Å². The van der Waals surface area contributed by atoms with Crippen LogP contribution in [-0.4, -0.2) is 23.3 Å². The van der Waals surface area contributed by atoms with Gasteiger partial charge in [0.1, 0.15) is 11.5 Å². The average Bonchev–Trinajstić information content (AvgIpc) is 3.53. The van der Waals surface area contributed by atoms with Crippen molar-refractivity contribution >= 4 is 28.8 Å². The Balaban J connectivity index is 1.31. The number of carbonyl (C=O) groups is 2. The van der Waals surface area contributed by atoms with Crippen LogP contribution in [0.1, 0.15) is 43.8 Å². The highest BCUT2D eigenvalue weighted by molar-refractivity contribution is 7.12. The summed E-state index contributed by atoms with van der Waals surface area (Å²) in [4.78, 5) is 28.0. The predicted octanol–water partition coefficient (Wildman–Crippen LogP) is 6.02. The fourth-order valence-electron chi connectivity index (χ4n) is 4.05. The molecule has 0 radical (unpaired) electrons. The molecule has 33 heavy (non-hydrogen) atoms. The first kappa shape index (κ1) is 21.2. The molecule has 1 N–H and O–H groups in total. The molecule has 1 aliphatic heterocycles. The summed E-state index contributed by atoms with van der Waals surface area (Å²) in [6.45, 7) is 3.27. The lowest BCUT2D eigenvalue weighted by molar-refractivity contribution is 0.0734. The number of rotatable bonds is 5. The van der Waals surface area contributed by atoms with Crippen LogP contribution in [0.25, 0.3) is 11.3 Å². The lowest BCUT2D eigenvalue weighted by atomic mass is 10.1. The van der Waals surface area contributed by atoms with Gasteiger partial charge in [0.2, 0.25) is 0 Å². The summed E-state index contributed by atoms with van der Waals surface area (Å²) in [5.41, 5.74) is 4.46. The molecule has 0 spiro atoms. The number of thiophene rings is 1. The van der Waals surface area contributed by atoms with Gasteiger partial charge in [-0.2, -0.15) is 0 Å². The maximum Gasteiger partial charge on any atom is 0.264 e. The van der Waals surface area contributed by atoms with Crippen LogP contribution in [0.4, 0.5) is 5.69 Å². The molecule has 0 aliphatic carbocycles. The smallest absolute Gasteiger partial charge is 0.264 e. The van der Waals surface area contributed by atoms with E-state index in [1.165, 1.54) is 16.9 Å². The molecule has 6 heteroatoms. The fourth-order valence-corrected chi connectivity index (χ4v) is 4.74. The van der Waals surface area contributed by atoms with Crippen LogP contribution < -0.4 is 5.32 Å². The molecule has 3 heterocycles. The number of carbonyl (C=O) groups excluding carboxylic acids is 2. The lowest BCUT2D eigenvalue weighted by Gasteiger charge is -2.25.